The number of carbonyl (C=O) groups excluding carboxylic acids is 1. The number of ether oxygens (including phenoxy) is 1. The molecule has 0 atom stereocenters. The Hall–Kier alpha value is -2.66. The summed E-state index contributed by atoms with van der Waals surface area (Å²) in [5, 5.41) is 5.33. The first-order chi connectivity index (χ1) is 12.4. The largest absolute Gasteiger partial charge is 0.483 e. The van der Waals surface area contributed by atoms with E-state index in [0.717, 1.165) is 33.7 Å². The lowest BCUT2D eigenvalue weighted by Gasteiger charge is -2.13. The third-order valence-electron chi connectivity index (χ3n) is 4.32. The van der Waals surface area contributed by atoms with Crippen molar-refractivity contribution >= 4 is 22.4 Å². The van der Waals surface area contributed by atoms with Crippen molar-refractivity contribution in [1.29, 1.82) is 0 Å². The maximum atomic E-state index is 12.2. The quantitative estimate of drug-likeness (QED) is 0.686. The zero-order chi connectivity index (χ0) is 18.7. The van der Waals surface area contributed by atoms with Crippen molar-refractivity contribution in [2.45, 2.75) is 27.7 Å². The van der Waals surface area contributed by atoms with E-state index in [1.54, 1.807) is 0 Å². The molecular formula is C21H22N2O2S. The Morgan fingerprint density at radius 1 is 1.04 bits per heavy atom. The Morgan fingerprint density at radius 2 is 1.73 bits per heavy atom. The molecular weight excluding hydrogens is 344 g/mol. The second kappa shape index (κ2) is 7.70. The zero-order valence-electron chi connectivity index (χ0n) is 15.4. The van der Waals surface area contributed by atoms with Crippen LogP contribution in [0.25, 0.3) is 11.3 Å². The van der Waals surface area contributed by atoms with Crippen molar-refractivity contribution in [1.82, 2.24) is 4.98 Å². The average molecular weight is 366 g/mol. The fraction of sp³-hybridized carbons (Fsp3) is 0.238. The summed E-state index contributed by atoms with van der Waals surface area (Å²) in [6.07, 6.45) is 0. The first-order valence-corrected chi connectivity index (χ1v) is 9.34. The van der Waals surface area contributed by atoms with Gasteiger partial charge in [-0.2, -0.15) is 0 Å². The molecule has 1 N–H and O–H groups in total. The van der Waals surface area contributed by atoms with Crippen LogP contribution in [-0.2, 0) is 4.79 Å². The van der Waals surface area contributed by atoms with Crippen LogP contribution in [0.4, 0.5) is 5.13 Å². The van der Waals surface area contributed by atoms with E-state index in [0.29, 0.717) is 5.13 Å². The molecule has 1 heterocycles. The molecule has 0 aliphatic rings. The first-order valence-electron chi connectivity index (χ1n) is 8.46. The van der Waals surface area contributed by atoms with Crippen LogP contribution in [0.1, 0.15) is 22.3 Å². The lowest BCUT2D eigenvalue weighted by Crippen LogP contribution is -2.20. The van der Waals surface area contributed by atoms with Gasteiger partial charge in [-0.25, -0.2) is 4.98 Å². The summed E-state index contributed by atoms with van der Waals surface area (Å²) in [7, 11) is 0. The maximum Gasteiger partial charge on any atom is 0.264 e. The van der Waals surface area contributed by atoms with Crippen LogP contribution < -0.4 is 10.1 Å². The summed E-state index contributed by atoms with van der Waals surface area (Å²) in [4.78, 5) is 16.7. The maximum absolute atomic E-state index is 12.2. The van der Waals surface area contributed by atoms with E-state index >= 15 is 0 Å². The van der Waals surface area contributed by atoms with Gasteiger partial charge in [-0.15, -0.1) is 11.3 Å². The number of amides is 1. The molecule has 1 aromatic heterocycles. The number of rotatable bonds is 5. The van der Waals surface area contributed by atoms with Gasteiger partial charge in [0, 0.05) is 10.9 Å². The highest BCUT2D eigenvalue weighted by Crippen LogP contribution is 2.27. The predicted molar refractivity (Wildman–Crippen MR) is 107 cm³/mol. The molecule has 3 rings (SSSR count). The van der Waals surface area contributed by atoms with Gasteiger partial charge in [-0.1, -0.05) is 42.0 Å². The van der Waals surface area contributed by atoms with Gasteiger partial charge in [0.1, 0.15) is 5.75 Å². The standard InChI is InChI=1S/C21H22N2O2S/c1-13-5-9-17(10-6-13)18-12-26-21(22-18)23-19(24)11-25-20-15(3)8-7-14(2)16(20)4/h5-10,12H,11H2,1-4H3,(H,22,23,24). The highest BCUT2D eigenvalue weighted by Gasteiger charge is 2.11. The van der Waals surface area contributed by atoms with Crippen LogP contribution in [-0.4, -0.2) is 17.5 Å². The predicted octanol–water partition coefficient (Wildman–Crippen LogP) is 5.06. The zero-order valence-corrected chi connectivity index (χ0v) is 16.2. The highest BCUT2D eigenvalue weighted by molar-refractivity contribution is 7.14. The second-order valence-corrected chi connectivity index (χ2v) is 7.25. The monoisotopic (exact) mass is 366 g/mol. The third-order valence-corrected chi connectivity index (χ3v) is 5.08. The minimum atomic E-state index is -0.213. The molecule has 3 aromatic rings. The molecule has 5 heteroatoms. The first kappa shape index (κ1) is 18.1. The summed E-state index contributed by atoms with van der Waals surface area (Å²) < 4.78 is 5.75. The molecule has 0 saturated carbocycles. The number of anilines is 1. The lowest BCUT2D eigenvalue weighted by molar-refractivity contribution is -0.118. The number of nitrogens with zero attached hydrogens (tertiary/aromatic N) is 1. The van der Waals surface area contributed by atoms with Gasteiger partial charge in [0.15, 0.2) is 11.7 Å². The molecule has 0 radical (unpaired) electrons. The van der Waals surface area contributed by atoms with Crippen molar-refractivity contribution < 1.29 is 9.53 Å². The molecule has 0 spiro atoms. The summed E-state index contributed by atoms with van der Waals surface area (Å²) in [5.41, 5.74) is 6.33. The Labute approximate surface area is 157 Å². The lowest BCUT2D eigenvalue weighted by atomic mass is 10.1. The van der Waals surface area contributed by atoms with Gasteiger partial charge >= 0.3 is 0 Å². The van der Waals surface area contributed by atoms with Gasteiger partial charge in [0.25, 0.3) is 5.91 Å². The van der Waals surface area contributed by atoms with Crippen LogP contribution in [0.15, 0.2) is 41.8 Å². The number of nitrogens with one attached hydrogen (secondary N) is 1. The number of carbonyl (C=O) groups is 1. The molecule has 0 aliphatic carbocycles. The van der Waals surface area contributed by atoms with E-state index in [9.17, 15) is 4.79 Å². The van der Waals surface area contributed by atoms with Crippen molar-refractivity contribution in [2.24, 2.45) is 0 Å². The molecule has 0 unspecified atom stereocenters. The average Bonchev–Trinajstić information content (AvgIpc) is 3.07. The number of thiazole rings is 1. The molecule has 2 aromatic carbocycles. The third kappa shape index (κ3) is 4.11. The molecule has 0 bridgehead atoms. The van der Waals surface area contributed by atoms with Crippen molar-refractivity contribution in [3.63, 3.8) is 0 Å². The van der Waals surface area contributed by atoms with E-state index in [4.69, 9.17) is 4.74 Å². The Kier molecular flexibility index (Phi) is 5.38. The molecule has 0 fully saturated rings. The Balaban J connectivity index is 1.63. The molecule has 4 nitrogen and oxygen atoms in total. The van der Waals surface area contributed by atoms with Gasteiger partial charge in [0.05, 0.1) is 5.69 Å². The second-order valence-electron chi connectivity index (χ2n) is 6.39. The number of aryl methyl sites for hydroxylation is 3. The Bertz CT molecular complexity index is 930. The minimum absolute atomic E-state index is 0.0371. The van der Waals surface area contributed by atoms with Crippen LogP contribution in [0.3, 0.4) is 0 Å². The van der Waals surface area contributed by atoms with Gasteiger partial charge < -0.3 is 4.74 Å². The highest BCUT2D eigenvalue weighted by atomic mass is 32.1. The smallest absolute Gasteiger partial charge is 0.264 e. The fourth-order valence-corrected chi connectivity index (χ4v) is 3.36. The number of hydrogen-bond acceptors (Lipinski definition) is 4. The summed E-state index contributed by atoms with van der Waals surface area (Å²) in [6, 6.07) is 12.2. The fourth-order valence-electron chi connectivity index (χ4n) is 2.63. The molecule has 1 amide bonds. The molecule has 0 aliphatic heterocycles. The number of aromatic nitrogens is 1. The van der Waals surface area contributed by atoms with Gasteiger partial charge in [-0.05, 0) is 44.4 Å². The van der Waals surface area contributed by atoms with Crippen LogP contribution in [0.2, 0.25) is 0 Å². The van der Waals surface area contributed by atoms with Crippen LogP contribution in [0, 0.1) is 27.7 Å². The van der Waals surface area contributed by atoms with Crippen molar-refractivity contribution in [3.8, 4) is 17.0 Å². The minimum Gasteiger partial charge on any atom is -0.483 e. The summed E-state index contributed by atoms with van der Waals surface area (Å²) in [5.74, 6) is 0.565. The molecule has 26 heavy (non-hydrogen) atoms. The van der Waals surface area contributed by atoms with E-state index < -0.39 is 0 Å². The van der Waals surface area contributed by atoms with Crippen molar-refractivity contribution in [2.75, 3.05) is 11.9 Å². The van der Waals surface area contributed by atoms with Gasteiger partial charge in [-0.3, -0.25) is 10.1 Å². The number of hydrogen-bond donors (Lipinski definition) is 1. The topological polar surface area (TPSA) is 51.2 Å². The van der Waals surface area contributed by atoms with E-state index in [2.05, 4.69) is 16.4 Å². The number of benzene rings is 2. The van der Waals surface area contributed by atoms with Crippen molar-refractivity contribution in [3.05, 3.63) is 64.0 Å². The van der Waals surface area contributed by atoms with Crippen LogP contribution in [0.5, 0.6) is 5.75 Å². The van der Waals surface area contributed by atoms with E-state index in [1.165, 1.54) is 16.9 Å². The van der Waals surface area contributed by atoms with Gasteiger partial charge in [0.2, 0.25) is 0 Å². The van der Waals surface area contributed by atoms with E-state index in [1.807, 2.05) is 63.4 Å². The Morgan fingerprint density at radius 3 is 2.46 bits per heavy atom. The normalized spacial score (nSPS) is 10.6. The molecule has 0 saturated heterocycles. The van der Waals surface area contributed by atoms with E-state index in [-0.39, 0.29) is 12.5 Å². The SMILES string of the molecule is Cc1ccc(-c2csc(NC(=O)COc3c(C)ccc(C)c3C)n2)cc1. The van der Waals surface area contributed by atoms with Crippen LogP contribution >= 0.6 is 11.3 Å². The summed E-state index contributed by atoms with van der Waals surface area (Å²) >= 11 is 1.41. The summed E-state index contributed by atoms with van der Waals surface area (Å²) in [6.45, 7) is 8.03. The molecule has 134 valence electrons.